The van der Waals surface area contributed by atoms with E-state index in [-0.39, 0.29) is 34.5 Å². The maximum absolute atomic E-state index is 11.2. The quantitative estimate of drug-likeness (QED) is 0.514. The molecule has 3 unspecified atom stereocenters. The Morgan fingerprint density at radius 3 is 2.46 bits per heavy atom. The van der Waals surface area contributed by atoms with Gasteiger partial charge in [0.2, 0.25) is 0 Å². The van der Waals surface area contributed by atoms with Gasteiger partial charge in [0.1, 0.15) is 0 Å². The van der Waals surface area contributed by atoms with Gasteiger partial charge in [-0.1, -0.05) is 33.8 Å². The third-order valence-electron chi connectivity index (χ3n) is 8.78. The van der Waals surface area contributed by atoms with Crippen LogP contribution in [0.2, 0.25) is 18.1 Å². The highest BCUT2D eigenvalue weighted by Gasteiger charge is 2.65. The van der Waals surface area contributed by atoms with E-state index in [1.165, 1.54) is 12.8 Å². The molecular formula is C23H40O4Si. The molecule has 0 aromatic carbocycles. The molecule has 28 heavy (non-hydrogen) atoms. The first-order valence-electron chi connectivity index (χ1n) is 11.3. The third-order valence-corrected chi connectivity index (χ3v) is 13.3. The van der Waals surface area contributed by atoms with Crippen molar-refractivity contribution in [3.05, 3.63) is 12.2 Å². The summed E-state index contributed by atoms with van der Waals surface area (Å²) in [6.07, 6.45) is 6.86. The van der Waals surface area contributed by atoms with Crippen molar-refractivity contribution in [1.82, 2.24) is 0 Å². The predicted molar refractivity (Wildman–Crippen MR) is 114 cm³/mol. The molecule has 1 heterocycles. The van der Waals surface area contributed by atoms with Crippen LogP contribution in [0.5, 0.6) is 0 Å². The molecule has 0 radical (unpaired) electrons. The molecule has 160 valence electrons. The molecule has 4 nitrogen and oxygen atoms in total. The van der Waals surface area contributed by atoms with E-state index in [9.17, 15) is 5.11 Å². The van der Waals surface area contributed by atoms with Gasteiger partial charge in [-0.05, 0) is 67.1 Å². The van der Waals surface area contributed by atoms with Crippen molar-refractivity contribution in [1.29, 1.82) is 0 Å². The standard InChI is InChI=1S/C23H40O4Si/c1-16-14-18(24)17-8-7-9-22(10-11-23(20(17)22)25-12-13-26-23)15-19(16)27-28(5,6)21(2,3)4/h17-20,24H,1,7-15H2,2-6H3/t17?,18-,19+,20?,22?/m0/s1. The number of aliphatic hydroxyl groups excluding tert-OH is 1. The first-order chi connectivity index (χ1) is 13.0. The fourth-order valence-electron chi connectivity index (χ4n) is 6.38. The third kappa shape index (κ3) is 3.26. The second-order valence-electron chi connectivity index (χ2n) is 11.4. The second-order valence-corrected chi connectivity index (χ2v) is 16.2. The fourth-order valence-corrected chi connectivity index (χ4v) is 7.70. The molecule has 1 N–H and O–H groups in total. The number of ether oxygens (including phenoxy) is 2. The van der Waals surface area contributed by atoms with Gasteiger partial charge in [-0.15, -0.1) is 0 Å². The molecule has 4 rings (SSSR count). The highest BCUT2D eigenvalue weighted by Crippen LogP contribution is 2.65. The lowest BCUT2D eigenvalue weighted by atomic mass is 9.56. The monoisotopic (exact) mass is 408 g/mol. The average Bonchev–Trinajstić information content (AvgIpc) is 3.19. The average molecular weight is 409 g/mol. The zero-order chi connectivity index (χ0) is 20.4. The van der Waals surface area contributed by atoms with E-state index in [0.29, 0.717) is 19.6 Å². The summed E-state index contributed by atoms with van der Waals surface area (Å²) in [5.41, 5.74) is 1.24. The summed E-state index contributed by atoms with van der Waals surface area (Å²) < 4.78 is 19.5. The van der Waals surface area contributed by atoms with Gasteiger partial charge in [0.15, 0.2) is 14.1 Å². The Kier molecular flexibility index (Phi) is 5.19. The molecule has 3 aliphatic carbocycles. The molecule has 0 aromatic heterocycles. The normalized spacial score (nSPS) is 41.0. The number of hydrogen-bond acceptors (Lipinski definition) is 4. The van der Waals surface area contributed by atoms with E-state index in [2.05, 4.69) is 40.4 Å². The van der Waals surface area contributed by atoms with Crippen LogP contribution < -0.4 is 0 Å². The van der Waals surface area contributed by atoms with Crippen molar-refractivity contribution < 1.29 is 19.0 Å². The molecule has 3 saturated carbocycles. The smallest absolute Gasteiger partial charge is 0.192 e. The van der Waals surface area contributed by atoms with Crippen molar-refractivity contribution in [3.63, 3.8) is 0 Å². The van der Waals surface area contributed by atoms with Crippen LogP contribution in [0.4, 0.5) is 0 Å². The van der Waals surface area contributed by atoms with Gasteiger partial charge in [0.25, 0.3) is 0 Å². The van der Waals surface area contributed by atoms with Crippen molar-refractivity contribution in [2.45, 2.75) is 102 Å². The largest absolute Gasteiger partial charge is 0.410 e. The van der Waals surface area contributed by atoms with Gasteiger partial charge < -0.3 is 19.0 Å². The van der Waals surface area contributed by atoms with Crippen LogP contribution in [0.25, 0.3) is 0 Å². The first kappa shape index (κ1) is 21.0. The molecule has 1 saturated heterocycles. The SMILES string of the molecule is C=C1C[C@H](O)C2CCCC3(CCC4(OCCO4)C23)C[C@H]1O[Si](C)(C)C(C)(C)C. The number of hydrogen-bond donors (Lipinski definition) is 1. The molecule has 2 bridgehead atoms. The minimum atomic E-state index is -1.93. The minimum Gasteiger partial charge on any atom is -0.410 e. The van der Waals surface area contributed by atoms with Crippen LogP contribution in [0.1, 0.15) is 65.7 Å². The molecular weight excluding hydrogens is 368 g/mol. The number of aliphatic hydroxyl groups is 1. The van der Waals surface area contributed by atoms with E-state index in [1.54, 1.807) is 0 Å². The molecule has 0 amide bonds. The maximum Gasteiger partial charge on any atom is 0.192 e. The van der Waals surface area contributed by atoms with Crippen molar-refractivity contribution in [2.24, 2.45) is 17.3 Å². The molecule has 0 aromatic rings. The van der Waals surface area contributed by atoms with Crippen LogP contribution in [-0.2, 0) is 13.9 Å². The topological polar surface area (TPSA) is 47.9 Å². The molecule has 5 heteroatoms. The van der Waals surface area contributed by atoms with E-state index in [1.807, 2.05) is 0 Å². The Hall–Kier alpha value is -0.203. The molecule has 4 fully saturated rings. The lowest BCUT2D eigenvalue weighted by Crippen LogP contribution is -2.54. The maximum atomic E-state index is 11.2. The summed E-state index contributed by atoms with van der Waals surface area (Å²) in [5.74, 6) is 0.0662. The van der Waals surface area contributed by atoms with Gasteiger partial charge >= 0.3 is 0 Å². The summed E-state index contributed by atoms with van der Waals surface area (Å²) in [5, 5.41) is 11.4. The van der Waals surface area contributed by atoms with Crippen molar-refractivity contribution >= 4 is 8.32 Å². The van der Waals surface area contributed by atoms with Crippen molar-refractivity contribution in [3.8, 4) is 0 Å². The molecule has 4 aliphatic rings. The van der Waals surface area contributed by atoms with Crippen LogP contribution in [0.3, 0.4) is 0 Å². The zero-order valence-corrected chi connectivity index (χ0v) is 19.6. The Balaban J connectivity index is 1.69. The Morgan fingerprint density at radius 2 is 1.82 bits per heavy atom. The molecule has 5 atom stereocenters. The lowest BCUT2D eigenvalue weighted by Gasteiger charge is -2.53. The summed E-state index contributed by atoms with van der Waals surface area (Å²) >= 11 is 0. The van der Waals surface area contributed by atoms with Crippen LogP contribution in [0.15, 0.2) is 12.2 Å². The van der Waals surface area contributed by atoms with E-state index in [0.717, 1.165) is 31.3 Å². The van der Waals surface area contributed by atoms with Crippen molar-refractivity contribution in [2.75, 3.05) is 13.2 Å². The fraction of sp³-hybridized carbons (Fsp3) is 0.913. The molecule has 1 spiro atoms. The lowest BCUT2D eigenvalue weighted by molar-refractivity contribution is -0.228. The van der Waals surface area contributed by atoms with E-state index < -0.39 is 14.1 Å². The first-order valence-corrected chi connectivity index (χ1v) is 14.2. The van der Waals surface area contributed by atoms with Crippen LogP contribution in [-0.4, -0.2) is 44.6 Å². The van der Waals surface area contributed by atoms with Gasteiger partial charge in [0.05, 0.1) is 25.4 Å². The molecule has 1 aliphatic heterocycles. The van der Waals surface area contributed by atoms with E-state index in [4.69, 9.17) is 13.9 Å². The summed E-state index contributed by atoms with van der Waals surface area (Å²) in [4.78, 5) is 0. The summed E-state index contributed by atoms with van der Waals surface area (Å²) in [6, 6.07) is 0. The Labute approximate surface area is 172 Å². The van der Waals surface area contributed by atoms with Crippen LogP contribution in [0, 0.1) is 17.3 Å². The number of rotatable bonds is 2. The second kappa shape index (κ2) is 6.91. The highest BCUT2D eigenvalue weighted by molar-refractivity contribution is 6.74. The Bertz CT molecular complexity index is 619. The van der Waals surface area contributed by atoms with Gasteiger partial charge in [0, 0.05) is 12.3 Å². The minimum absolute atomic E-state index is 0.0358. The van der Waals surface area contributed by atoms with E-state index >= 15 is 0 Å². The van der Waals surface area contributed by atoms with Gasteiger partial charge in [-0.2, -0.15) is 0 Å². The zero-order valence-electron chi connectivity index (χ0n) is 18.6. The summed E-state index contributed by atoms with van der Waals surface area (Å²) in [7, 11) is -1.93. The summed E-state index contributed by atoms with van der Waals surface area (Å²) in [6.45, 7) is 17.3. The van der Waals surface area contributed by atoms with Crippen LogP contribution >= 0.6 is 0 Å². The predicted octanol–water partition coefficient (Wildman–Crippen LogP) is 5.03. The Morgan fingerprint density at radius 1 is 1.14 bits per heavy atom. The van der Waals surface area contributed by atoms with Gasteiger partial charge in [-0.25, -0.2) is 0 Å². The highest BCUT2D eigenvalue weighted by atomic mass is 28.4. The van der Waals surface area contributed by atoms with Gasteiger partial charge in [-0.3, -0.25) is 0 Å².